The lowest BCUT2D eigenvalue weighted by atomic mass is 10.1. The Morgan fingerprint density at radius 1 is 0.786 bits per heavy atom. The molecule has 0 spiro atoms. The molecule has 164 valence electrons. The van der Waals surface area contributed by atoms with Gasteiger partial charge in [-0.3, -0.25) is 14.6 Å². The van der Waals surface area contributed by atoms with Gasteiger partial charge in [0, 0.05) is 25.2 Å². The van der Waals surface area contributed by atoms with E-state index in [2.05, 4.69) is 27.7 Å². The van der Waals surface area contributed by atoms with E-state index in [4.69, 9.17) is 0 Å². The van der Waals surface area contributed by atoms with Crippen molar-refractivity contribution in [2.24, 2.45) is 11.8 Å². The van der Waals surface area contributed by atoms with Gasteiger partial charge in [-0.2, -0.15) is 0 Å². The number of nitrogens with zero attached hydrogens (tertiary/aromatic N) is 2. The fourth-order valence-electron chi connectivity index (χ4n) is 4.25. The van der Waals surface area contributed by atoms with Gasteiger partial charge in [0.1, 0.15) is 0 Å². The van der Waals surface area contributed by atoms with Gasteiger partial charge in [-0.15, -0.1) is 0 Å². The summed E-state index contributed by atoms with van der Waals surface area (Å²) >= 11 is 0. The van der Waals surface area contributed by atoms with Gasteiger partial charge >= 0.3 is 0 Å². The highest BCUT2D eigenvalue weighted by atomic mass is 32.2. The van der Waals surface area contributed by atoms with E-state index >= 15 is 0 Å². The van der Waals surface area contributed by atoms with E-state index in [1.165, 1.54) is 0 Å². The molecular weight excluding hydrogens is 400 g/mol. The van der Waals surface area contributed by atoms with E-state index in [1.54, 1.807) is 0 Å². The van der Waals surface area contributed by atoms with E-state index in [9.17, 15) is 21.6 Å². The first-order chi connectivity index (χ1) is 12.9. The molecule has 0 aromatic carbocycles. The van der Waals surface area contributed by atoms with Gasteiger partial charge in [0.15, 0.2) is 25.5 Å². The molecular formula is C19H36N2O5S2. The van der Waals surface area contributed by atoms with Gasteiger partial charge in [0.2, 0.25) is 0 Å². The number of Topliss-reactive ketones (excluding diaryl/α,β-unsaturated/α-hetero) is 1. The zero-order valence-electron chi connectivity index (χ0n) is 17.6. The van der Waals surface area contributed by atoms with Crippen molar-refractivity contribution in [2.75, 3.05) is 49.2 Å². The molecule has 2 rings (SSSR count). The fourth-order valence-corrected chi connectivity index (χ4v) is 7.78. The Balaban J connectivity index is 2.03. The Bertz CT molecular complexity index is 684. The van der Waals surface area contributed by atoms with Crippen molar-refractivity contribution in [3.63, 3.8) is 0 Å². The topological polar surface area (TPSA) is 91.8 Å². The number of carbonyl (C=O) groups is 1. The smallest absolute Gasteiger partial charge is 0.160 e. The van der Waals surface area contributed by atoms with Crippen molar-refractivity contribution in [3.8, 4) is 0 Å². The van der Waals surface area contributed by atoms with Crippen LogP contribution >= 0.6 is 0 Å². The molecule has 28 heavy (non-hydrogen) atoms. The van der Waals surface area contributed by atoms with Crippen LogP contribution in [0.15, 0.2) is 0 Å². The Kier molecular flexibility index (Phi) is 8.09. The van der Waals surface area contributed by atoms with Gasteiger partial charge in [-0.1, -0.05) is 27.7 Å². The summed E-state index contributed by atoms with van der Waals surface area (Å²) in [5.41, 5.74) is 0. The van der Waals surface area contributed by atoms with E-state index in [-0.39, 0.29) is 54.0 Å². The van der Waals surface area contributed by atoms with Gasteiger partial charge in [-0.05, 0) is 24.7 Å². The molecule has 2 fully saturated rings. The summed E-state index contributed by atoms with van der Waals surface area (Å²) in [6.07, 6.45) is 1.16. The molecule has 2 saturated heterocycles. The standard InChI is InChI=1S/C19H36N2O5S2/c1-15(2)9-20(17-5-7-27(23,24)13-17)11-19(22)12-21(10-16(3)4)18-6-8-28(25,26)14-18/h15-18H,5-14H2,1-4H3/t17-,18-/m0/s1. The molecule has 0 unspecified atom stereocenters. The number of hydrogen-bond acceptors (Lipinski definition) is 7. The molecule has 2 atom stereocenters. The maximum Gasteiger partial charge on any atom is 0.160 e. The van der Waals surface area contributed by atoms with Crippen LogP contribution in [0.2, 0.25) is 0 Å². The number of carbonyl (C=O) groups excluding carboxylic acids is 1. The van der Waals surface area contributed by atoms with Crippen LogP contribution < -0.4 is 0 Å². The third-order valence-electron chi connectivity index (χ3n) is 5.41. The summed E-state index contributed by atoms with van der Waals surface area (Å²) in [6.45, 7) is 10.1. The molecule has 7 nitrogen and oxygen atoms in total. The second kappa shape index (κ2) is 9.53. The molecule has 0 aromatic heterocycles. The zero-order valence-corrected chi connectivity index (χ0v) is 19.3. The second-order valence-corrected chi connectivity index (χ2v) is 13.8. The molecule has 0 aromatic rings. The van der Waals surface area contributed by atoms with Gasteiger partial charge < -0.3 is 0 Å². The minimum Gasteiger partial charge on any atom is -0.297 e. The quantitative estimate of drug-likeness (QED) is 0.501. The van der Waals surface area contributed by atoms with Crippen LogP contribution in [-0.4, -0.2) is 93.7 Å². The summed E-state index contributed by atoms with van der Waals surface area (Å²) in [7, 11) is -6.01. The van der Waals surface area contributed by atoms with Crippen molar-refractivity contribution in [1.29, 1.82) is 0 Å². The normalized spacial score (nSPS) is 26.7. The largest absolute Gasteiger partial charge is 0.297 e. The van der Waals surface area contributed by atoms with Crippen LogP contribution in [0.25, 0.3) is 0 Å². The minimum absolute atomic E-state index is 0.0369. The molecule has 2 aliphatic heterocycles. The van der Waals surface area contributed by atoms with E-state index < -0.39 is 19.7 Å². The highest BCUT2D eigenvalue weighted by Crippen LogP contribution is 2.21. The van der Waals surface area contributed by atoms with Crippen LogP contribution in [0.5, 0.6) is 0 Å². The first-order valence-corrected chi connectivity index (χ1v) is 13.9. The van der Waals surface area contributed by atoms with Gasteiger partial charge in [0.25, 0.3) is 0 Å². The summed E-state index contributed by atoms with van der Waals surface area (Å²) in [4.78, 5) is 16.9. The molecule has 2 heterocycles. The number of rotatable bonds is 10. The molecule has 0 N–H and O–H groups in total. The van der Waals surface area contributed by atoms with Crippen LogP contribution in [-0.2, 0) is 24.5 Å². The van der Waals surface area contributed by atoms with Crippen molar-refractivity contribution in [2.45, 2.75) is 52.6 Å². The lowest BCUT2D eigenvalue weighted by Crippen LogP contribution is -2.47. The predicted molar refractivity (Wildman–Crippen MR) is 112 cm³/mol. The first kappa shape index (κ1) is 23.8. The highest BCUT2D eigenvalue weighted by Gasteiger charge is 2.35. The maximum atomic E-state index is 12.9. The van der Waals surface area contributed by atoms with Crippen LogP contribution in [0.4, 0.5) is 0 Å². The van der Waals surface area contributed by atoms with Crippen LogP contribution in [0.3, 0.4) is 0 Å². The molecule has 0 amide bonds. The van der Waals surface area contributed by atoms with Gasteiger partial charge in [0.05, 0.1) is 36.1 Å². The summed E-state index contributed by atoms with van der Waals surface area (Å²) < 4.78 is 47.5. The molecule has 9 heteroatoms. The molecule has 0 saturated carbocycles. The van der Waals surface area contributed by atoms with Crippen molar-refractivity contribution in [1.82, 2.24) is 9.80 Å². The average molecular weight is 437 g/mol. The maximum absolute atomic E-state index is 12.9. The van der Waals surface area contributed by atoms with Crippen molar-refractivity contribution < 1.29 is 21.6 Å². The number of sulfone groups is 2. The second-order valence-electron chi connectivity index (χ2n) is 9.30. The zero-order chi connectivity index (χ0) is 21.1. The summed E-state index contributed by atoms with van der Waals surface area (Å²) in [5, 5.41) is 0. The minimum atomic E-state index is -3.01. The predicted octanol–water partition coefficient (Wildman–Crippen LogP) is 0.846. The number of hydrogen-bond donors (Lipinski definition) is 0. The molecule has 0 radical (unpaired) electrons. The summed E-state index contributed by atoms with van der Waals surface area (Å²) in [6, 6.07) is -0.191. The lowest BCUT2D eigenvalue weighted by Gasteiger charge is -2.32. The van der Waals surface area contributed by atoms with E-state index in [0.29, 0.717) is 37.8 Å². The lowest BCUT2D eigenvalue weighted by molar-refractivity contribution is -0.122. The van der Waals surface area contributed by atoms with E-state index in [0.717, 1.165) is 0 Å². The van der Waals surface area contributed by atoms with Crippen molar-refractivity contribution in [3.05, 3.63) is 0 Å². The van der Waals surface area contributed by atoms with Crippen molar-refractivity contribution >= 4 is 25.5 Å². The molecule has 0 bridgehead atoms. The Labute approximate surface area is 170 Å². The SMILES string of the molecule is CC(C)CN(CC(=O)CN(CC(C)C)[C@H]1CCS(=O)(=O)C1)[C@H]1CCS(=O)(=O)C1. The fraction of sp³-hybridized carbons (Fsp3) is 0.947. The first-order valence-electron chi connectivity index (χ1n) is 10.3. The van der Waals surface area contributed by atoms with Crippen LogP contribution in [0, 0.1) is 11.8 Å². The average Bonchev–Trinajstić information content (AvgIpc) is 3.07. The molecule has 2 aliphatic rings. The number of ketones is 1. The molecule has 0 aliphatic carbocycles. The Morgan fingerprint density at radius 3 is 1.39 bits per heavy atom. The van der Waals surface area contributed by atoms with Crippen LogP contribution in [0.1, 0.15) is 40.5 Å². The van der Waals surface area contributed by atoms with E-state index in [1.807, 2.05) is 9.80 Å². The Hall–Kier alpha value is -0.510. The third-order valence-corrected chi connectivity index (χ3v) is 8.91. The highest BCUT2D eigenvalue weighted by molar-refractivity contribution is 7.91. The summed E-state index contributed by atoms with van der Waals surface area (Å²) in [5.74, 6) is 1.35. The van der Waals surface area contributed by atoms with Gasteiger partial charge in [-0.25, -0.2) is 16.8 Å². The third kappa shape index (κ3) is 7.39. The Morgan fingerprint density at radius 2 is 1.14 bits per heavy atom. The monoisotopic (exact) mass is 436 g/mol.